The van der Waals surface area contributed by atoms with Crippen LogP contribution in [0.15, 0.2) is 18.2 Å². The molecule has 1 amide bonds. The normalized spacial score (nSPS) is 13.1. The first-order chi connectivity index (χ1) is 10.1. The maximum Gasteiger partial charge on any atom is 0.408 e. The van der Waals surface area contributed by atoms with E-state index in [1.807, 2.05) is 33.8 Å². The molecular weight excluding hydrogens is 281 g/mol. The third-order valence-electron chi connectivity index (χ3n) is 3.29. The number of carbonyl (C=O) groups excluding carboxylic acids is 1. The highest BCUT2D eigenvalue weighted by atomic mass is 19.1. The van der Waals surface area contributed by atoms with Gasteiger partial charge in [-0.25, -0.2) is 9.18 Å². The van der Waals surface area contributed by atoms with Gasteiger partial charge >= 0.3 is 6.09 Å². The van der Waals surface area contributed by atoms with Crippen LogP contribution in [0.25, 0.3) is 0 Å². The molecule has 1 N–H and O–H groups in total. The van der Waals surface area contributed by atoms with Gasteiger partial charge in [0.05, 0.1) is 6.04 Å². The van der Waals surface area contributed by atoms with E-state index in [-0.39, 0.29) is 11.9 Å². The minimum atomic E-state index is -0.533. The van der Waals surface area contributed by atoms with Crippen LogP contribution in [0, 0.1) is 11.7 Å². The summed E-state index contributed by atoms with van der Waals surface area (Å²) >= 11 is 0. The topological polar surface area (TPSA) is 38.3 Å². The molecule has 0 aromatic heterocycles. The predicted molar refractivity (Wildman–Crippen MR) is 87.3 cm³/mol. The van der Waals surface area contributed by atoms with Crippen molar-refractivity contribution in [1.29, 1.82) is 0 Å². The van der Waals surface area contributed by atoms with E-state index in [4.69, 9.17) is 4.74 Å². The Bertz CT molecular complexity index is 506. The van der Waals surface area contributed by atoms with Gasteiger partial charge in [-0.05, 0) is 63.6 Å². The number of amides is 1. The van der Waals surface area contributed by atoms with Crippen LogP contribution in [0.5, 0.6) is 0 Å². The van der Waals surface area contributed by atoms with Gasteiger partial charge < -0.3 is 10.1 Å². The number of ether oxygens (including phenoxy) is 1. The zero-order valence-corrected chi connectivity index (χ0v) is 14.5. The Hall–Kier alpha value is -1.58. The molecule has 1 aromatic rings. The predicted octanol–water partition coefficient (Wildman–Crippen LogP) is 5.00. The molecule has 0 heterocycles. The smallest absolute Gasteiger partial charge is 0.408 e. The van der Waals surface area contributed by atoms with Crippen LogP contribution in [0.3, 0.4) is 0 Å². The van der Waals surface area contributed by atoms with Crippen molar-refractivity contribution < 1.29 is 13.9 Å². The summed E-state index contributed by atoms with van der Waals surface area (Å²) in [4.78, 5) is 11.8. The Morgan fingerprint density at radius 1 is 1.27 bits per heavy atom. The molecule has 0 fully saturated rings. The lowest BCUT2D eigenvalue weighted by molar-refractivity contribution is 0.0508. The Morgan fingerprint density at radius 2 is 1.91 bits per heavy atom. The Labute approximate surface area is 133 Å². The quantitative estimate of drug-likeness (QED) is 0.831. The van der Waals surface area contributed by atoms with E-state index in [1.165, 1.54) is 6.07 Å². The second-order valence-corrected chi connectivity index (χ2v) is 7.15. The average molecular weight is 309 g/mol. The van der Waals surface area contributed by atoms with Gasteiger partial charge in [0, 0.05) is 0 Å². The molecule has 0 saturated carbocycles. The third-order valence-corrected chi connectivity index (χ3v) is 3.29. The highest BCUT2D eigenvalue weighted by Gasteiger charge is 2.18. The van der Waals surface area contributed by atoms with Gasteiger partial charge in [-0.3, -0.25) is 0 Å². The summed E-state index contributed by atoms with van der Waals surface area (Å²) in [5.74, 6) is 0.342. The van der Waals surface area contributed by atoms with Crippen LogP contribution in [-0.2, 0) is 11.2 Å². The first-order valence-electron chi connectivity index (χ1n) is 7.86. The van der Waals surface area contributed by atoms with Crippen LogP contribution in [0.4, 0.5) is 9.18 Å². The van der Waals surface area contributed by atoms with Crippen molar-refractivity contribution in [2.75, 3.05) is 0 Å². The molecule has 1 unspecified atom stereocenters. The number of hydrogen-bond acceptors (Lipinski definition) is 2. The lowest BCUT2D eigenvalue weighted by atomic mass is 9.98. The number of rotatable bonds is 5. The Morgan fingerprint density at radius 3 is 2.45 bits per heavy atom. The third kappa shape index (κ3) is 6.46. The number of alkyl carbamates (subject to hydrolysis) is 1. The number of nitrogens with one attached hydrogen (secondary N) is 1. The standard InChI is InChI=1S/C18H28FNO2/c1-12(2)7-8-15-11-14(9-10-16(15)19)13(3)20-17(21)22-18(4,5)6/h9-13H,7-8H2,1-6H3,(H,20,21). The first-order valence-corrected chi connectivity index (χ1v) is 7.86. The Kier molecular flexibility index (Phi) is 6.39. The van der Waals surface area contributed by atoms with E-state index < -0.39 is 11.7 Å². The lowest BCUT2D eigenvalue weighted by Crippen LogP contribution is -2.34. The van der Waals surface area contributed by atoms with Crippen molar-refractivity contribution >= 4 is 6.09 Å². The molecule has 1 aromatic carbocycles. The highest BCUT2D eigenvalue weighted by Crippen LogP contribution is 2.20. The van der Waals surface area contributed by atoms with Gasteiger partial charge in [0.15, 0.2) is 0 Å². The van der Waals surface area contributed by atoms with Crippen molar-refractivity contribution in [3.63, 3.8) is 0 Å². The number of benzene rings is 1. The van der Waals surface area contributed by atoms with Gasteiger partial charge in [0.2, 0.25) is 0 Å². The minimum absolute atomic E-state index is 0.186. The van der Waals surface area contributed by atoms with Crippen LogP contribution in [0.2, 0.25) is 0 Å². The summed E-state index contributed by atoms with van der Waals surface area (Å²) in [5.41, 5.74) is 1.05. The molecule has 22 heavy (non-hydrogen) atoms. The molecule has 0 saturated heterocycles. The molecule has 3 nitrogen and oxygen atoms in total. The molecule has 0 spiro atoms. The van der Waals surface area contributed by atoms with E-state index in [0.717, 1.165) is 12.0 Å². The Balaban J connectivity index is 2.75. The van der Waals surface area contributed by atoms with E-state index in [1.54, 1.807) is 6.07 Å². The van der Waals surface area contributed by atoms with Crippen molar-refractivity contribution in [2.45, 2.75) is 66.0 Å². The molecular formula is C18H28FNO2. The molecule has 4 heteroatoms. The van der Waals surface area contributed by atoms with Crippen LogP contribution in [0.1, 0.15) is 65.1 Å². The van der Waals surface area contributed by atoms with Crippen LogP contribution < -0.4 is 5.32 Å². The van der Waals surface area contributed by atoms with Crippen molar-refractivity contribution in [3.8, 4) is 0 Å². The summed E-state index contributed by atoms with van der Waals surface area (Å²) in [6, 6.07) is 4.78. The van der Waals surface area contributed by atoms with Crippen LogP contribution in [-0.4, -0.2) is 11.7 Å². The van der Waals surface area contributed by atoms with Crippen molar-refractivity contribution in [3.05, 3.63) is 35.1 Å². The molecule has 1 rings (SSSR count). The molecule has 0 bridgehead atoms. The van der Waals surface area contributed by atoms with Crippen LogP contribution >= 0.6 is 0 Å². The monoisotopic (exact) mass is 309 g/mol. The first kappa shape index (κ1) is 18.5. The molecule has 0 radical (unpaired) electrons. The molecule has 0 aliphatic carbocycles. The summed E-state index contributed by atoms with van der Waals surface area (Å²) < 4.78 is 19.1. The largest absolute Gasteiger partial charge is 0.444 e. The van der Waals surface area contributed by atoms with Gasteiger partial charge in [-0.15, -0.1) is 0 Å². The maximum atomic E-state index is 13.9. The van der Waals surface area contributed by atoms with Gasteiger partial charge in [-0.1, -0.05) is 26.0 Å². The molecule has 124 valence electrons. The second-order valence-electron chi connectivity index (χ2n) is 7.15. The number of aryl methyl sites for hydroxylation is 1. The summed E-state index contributed by atoms with van der Waals surface area (Å²) in [5, 5.41) is 2.78. The van der Waals surface area contributed by atoms with E-state index in [2.05, 4.69) is 19.2 Å². The fourth-order valence-corrected chi connectivity index (χ4v) is 2.07. The van der Waals surface area contributed by atoms with E-state index >= 15 is 0 Å². The average Bonchev–Trinajstić information content (AvgIpc) is 2.34. The summed E-state index contributed by atoms with van der Waals surface area (Å²) in [6.07, 6.45) is 1.18. The fraction of sp³-hybridized carbons (Fsp3) is 0.611. The maximum absolute atomic E-state index is 13.9. The highest BCUT2D eigenvalue weighted by molar-refractivity contribution is 5.68. The number of carbonyl (C=O) groups is 1. The van der Waals surface area contributed by atoms with Gasteiger partial charge in [0.25, 0.3) is 0 Å². The second kappa shape index (κ2) is 7.61. The van der Waals surface area contributed by atoms with Crippen molar-refractivity contribution in [1.82, 2.24) is 5.32 Å². The van der Waals surface area contributed by atoms with E-state index in [0.29, 0.717) is 17.9 Å². The molecule has 0 aliphatic heterocycles. The van der Waals surface area contributed by atoms with Crippen molar-refractivity contribution in [2.24, 2.45) is 5.92 Å². The summed E-state index contributed by atoms with van der Waals surface area (Å²) in [7, 11) is 0. The van der Waals surface area contributed by atoms with E-state index in [9.17, 15) is 9.18 Å². The van der Waals surface area contributed by atoms with Gasteiger partial charge in [0.1, 0.15) is 11.4 Å². The minimum Gasteiger partial charge on any atom is -0.444 e. The molecule has 1 atom stereocenters. The lowest BCUT2D eigenvalue weighted by Gasteiger charge is -2.22. The zero-order chi connectivity index (χ0) is 16.9. The van der Waals surface area contributed by atoms with Gasteiger partial charge in [-0.2, -0.15) is 0 Å². The summed E-state index contributed by atoms with van der Waals surface area (Å²) in [6.45, 7) is 11.6. The SMILES string of the molecule is CC(C)CCc1cc(C(C)NC(=O)OC(C)(C)C)ccc1F. The number of hydrogen-bond donors (Lipinski definition) is 1. The number of halogens is 1. The zero-order valence-electron chi connectivity index (χ0n) is 14.5. The fourth-order valence-electron chi connectivity index (χ4n) is 2.07. The molecule has 0 aliphatic rings.